The lowest BCUT2D eigenvalue weighted by Gasteiger charge is -2.35. The standard InChI is InChI=1S/C23H28N2O4/c1-15-12-25(13-16(2)29-15)21(26)14-28-23(27)22-17-8-4-3-5-10-19(17)24-20-11-7-6-9-18(20)22/h6-7,9,11,15-16H,3-5,8,10,12-14H2,1-2H3/t15-,16-/m0/s1. The molecule has 2 aromatic rings. The maximum absolute atomic E-state index is 13.1. The number of hydrogen-bond donors (Lipinski definition) is 0. The number of rotatable bonds is 3. The number of morpholine rings is 1. The first kappa shape index (κ1) is 19.8. The van der Waals surface area contributed by atoms with Crippen LogP contribution in [0.25, 0.3) is 10.9 Å². The van der Waals surface area contributed by atoms with Gasteiger partial charge in [0.05, 0.1) is 23.3 Å². The van der Waals surface area contributed by atoms with Crippen LogP contribution in [0.2, 0.25) is 0 Å². The lowest BCUT2D eigenvalue weighted by atomic mass is 9.97. The fourth-order valence-corrected chi connectivity index (χ4v) is 4.45. The predicted molar refractivity (Wildman–Crippen MR) is 110 cm³/mol. The second kappa shape index (κ2) is 8.49. The van der Waals surface area contributed by atoms with Crippen LogP contribution in [-0.2, 0) is 27.1 Å². The molecule has 0 radical (unpaired) electrons. The molecular formula is C23H28N2O4. The highest BCUT2D eigenvalue weighted by atomic mass is 16.5. The molecule has 6 heteroatoms. The van der Waals surface area contributed by atoms with Crippen LogP contribution >= 0.6 is 0 Å². The van der Waals surface area contributed by atoms with Gasteiger partial charge in [-0.05, 0) is 51.2 Å². The summed E-state index contributed by atoms with van der Waals surface area (Å²) in [6.45, 7) is 4.69. The molecule has 1 amide bonds. The van der Waals surface area contributed by atoms with E-state index in [1.807, 2.05) is 38.1 Å². The maximum Gasteiger partial charge on any atom is 0.339 e. The van der Waals surface area contributed by atoms with E-state index in [1.165, 1.54) is 0 Å². The molecule has 1 fully saturated rings. The van der Waals surface area contributed by atoms with Crippen molar-refractivity contribution >= 4 is 22.8 Å². The Balaban J connectivity index is 1.57. The fraction of sp³-hybridized carbons (Fsp3) is 0.522. The van der Waals surface area contributed by atoms with Gasteiger partial charge in [0.15, 0.2) is 6.61 Å². The minimum absolute atomic E-state index is 0.0155. The molecule has 0 unspecified atom stereocenters. The molecule has 29 heavy (non-hydrogen) atoms. The summed E-state index contributed by atoms with van der Waals surface area (Å²) in [5, 5.41) is 0.805. The molecular weight excluding hydrogens is 368 g/mol. The summed E-state index contributed by atoms with van der Waals surface area (Å²) in [4.78, 5) is 32.3. The third-order valence-corrected chi connectivity index (χ3v) is 5.72. The second-order valence-corrected chi connectivity index (χ2v) is 8.12. The van der Waals surface area contributed by atoms with Crippen LogP contribution in [0, 0.1) is 0 Å². The molecule has 2 atom stereocenters. The average Bonchev–Trinajstić information content (AvgIpc) is 2.94. The van der Waals surface area contributed by atoms with Gasteiger partial charge in [-0.2, -0.15) is 0 Å². The normalized spacial score (nSPS) is 22.1. The molecule has 1 aliphatic carbocycles. The van der Waals surface area contributed by atoms with E-state index in [0.717, 1.165) is 54.3 Å². The van der Waals surface area contributed by atoms with Gasteiger partial charge in [0.2, 0.25) is 0 Å². The predicted octanol–water partition coefficient (Wildman–Crippen LogP) is 3.30. The minimum atomic E-state index is -0.426. The Morgan fingerprint density at radius 3 is 2.62 bits per heavy atom. The molecule has 0 bridgehead atoms. The first-order valence-electron chi connectivity index (χ1n) is 10.5. The van der Waals surface area contributed by atoms with Gasteiger partial charge in [0.1, 0.15) is 0 Å². The Kier molecular flexibility index (Phi) is 5.81. The zero-order valence-corrected chi connectivity index (χ0v) is 17.1. The van der Waals surface area contributed by atoms with Gasteiger partial charge in [-0.15, -0.1) is 0 Å². The van der Waals surface area contributed by atoms with Crippen molar-refractivity contribution in [3.63, 3.8) is 0 Å². The highest BCUT2D eigenvalue weighted by Crippen LogP contribution is 2.29. The van der Waals surface area contributed by atoms with Crippen molar-refractivity contribution in [1.82, 2.24) is 9.88 Å². The van der Waals surface area contributed by atoms with Crippen LogP contribution in [0.5, 0.6) is 0 Å². The van der Waals surface area contributed by atoms with Gasteiger partial charge in [-0.3, -0.25) is 9.78 Å². The first-order chi connectivity index (χ1) is 14.0. The number of ether oxygens (including phenoxy) is 2. The molecule has 2 heterocycles. The summed E-state index contributed by atoms with van der Waals surface area (Å²) in [5.41, 5.74) is 3.38. The Morgan fingerprint density at radius 2 is 1.83 bits per heavy atom. The van der Waals surface area contributed by atoms with Crippen LogP contribution in [0.3, 0.4) is 0 Å². The number of fused-ring (bicyclic) bond motifs is 2. The fourth-order valence-electron chi connectivity index (χ4n) is 4.45. The monoisotopic (exact) mass is 396 g/mol. The molecule has 0 N–H and O–H groups in total. The number of pyridine rings is 1. The topological polar surface area (TPSA) is 68.7 Å². The maximum atomic E-state index is 13.1. The molecule has 1 aromatic carbocycles. The van der Waals surface area contributed by atoms with E-state index in [4.69, 9.17) is 14.5 Å². The van der Waals surface area contributed by atoms with E-state index in [1.54, 1.807) is 4.90 Å². The van der Waals surface area contributed by atoms with E-state index < -0.39 is 5.97 Å². The van der Waals surface area contributed by atoms with Crippen molar-refractivity contribution in [3.8, 4) is 0 Å². The van der Waals surface area contributed by atoms with Crippen molar-refractivity contribution in [1.29, 1.82) is 0 Å². The number of amides is 1. The van der Waals surface area contributed by atoms with Gasteiger partial charge < -0.3 is 14.4 Å². The van der Waals surface area contributed by atoms with Crippen LogP contribution in [0.4, 0.5) is 0 Å². The number of esters is 1. The molecule has 2 aliphatic rings. The van der Waals surface area contributed by atoms with Gasteiger partial charge >= 0.3 is 5.97 Å². The number of nitrogens with zero attached hydrogens (tertiary/aromatic N) is 2. The van der Waals surface area contributed by atoms with E-state index in [2.05, 4.69) is 0 Å². The van der Waals surface area contributed by atoms with Crippen molar-refractivity contribution in [2.24, 2.45) is 0 Å². The quantitative estimate of drug-likeness (QED) is 0.588. The van der Waals surface area contributed by atoms with Crippen LogP contribution in [0.1, 0.15) is 54.7 Å². The highest BCUT2D eigenvalue weighted by Gasteiger charge is 2.28. The second-order valence-electron chi connectivity index (χ2n) is 8.12. The van der Waals surface area contributed by atoms with E-state index in [9.17, 15) is 9.59 Å². The van der Waals surface area contributed by atoms with Crippen LogP contribution < -0.4 is 0 Å². The number of para-hydroxylation sites is 1. The summed E-state index contributed by atoms with van der Waals surface area (Å²) in [6.07, 6.45) is 4.92. The van der Waals surface area contributed by atoms with Crippen LogP contribution in [-0.4, -0.2) is 53.7 Å². The molecule has 0 spiro atoms. The summed E-state index contributed by atoms with van der Waals surface area (Å²) < 4.78 is 11.2. The zero-order valence-electron chi connectivity index (χ0n) is 17.1. The van der Waals surface area contributed by atoms with Gasteiger partial charge in [-0.25, -0.2) is 4.79 Å². The smallest absolute Gasteiger partial charge is 0.339 e. The summed E-state index contributed by atoms with van der Waals surface area (Å²) >= 11 is 0. The van der Waals surface area contributed by atoms with Gasteiger partial charge in [-0.1, -0.05) is 24.6 Å². The Bertz CT molecular complexity index is 916. The van der Waals surface area contributed by atoms with E-state index in [0.29, 0.717) is 18.7 Å². The van der Waals surface area contributed by atoms with Crippen molar-refractivity contribution in [3.05, 3.63) is 41.1 Å². The van der Waals surface area contributed by atoms with E-state index >= 15 is 0 Å². The van der Waals surface area contributed by atoms with Crippen molar-refractivity contribution < 1.29 is 19.1 Å². The average molecular weight is 396 g/mol. The molecule has 4 rings (SSSR count). The van der Waals surface area contributed by atoms with Gasteiger partial charge in [0, 0.05) is 24.2 Å². The Morgan fingerprint density at radius 1 is 1.10 bits per heavy atom. The lowest BCUT2D eigenvalue weighted by molar-refractivity contribution is -0.146. The number of aromatic nitrogens is 1. The summed E-state index contributed by atoms with van der Waals surface area (Å²) in [6, 6.07) is 7.68. The number of carbonyl (C=O) groups excluding carboxylic acids is 2. The lowest BCUT2D eigenvalue weighted by Crippen LogP contribution is -2.49. The van der Waals surface area contributed by atoms with Gasteiger partial charge in [0.25, 0.3) is 5.91 Å². The number of aryl methyl sites for hydroxylation is 1. The van der Waals surface area contributed by atoms with E-state index in [-0.39, 0.29) is 24.7 Å². The SMILES string of the molecule is C[C@H]1CN(C(=O)COC(=O)c2c3c(nc4ccccc24)CCCCC3)C[C@H](C)O1. The molecule has 6 nitrogen and oxygen atoms in total. The van der Waals surface area contributed by atoms with Crippen molar-refractivity contribution in [2.45, 2.75) is 58.2 Å². The Labute approximate surface area is 171 Å². The molecule has 154 valence electrons. The summed E-state index contributed by atoms with van der Waals surface area (Å²) in [7, 11) is 0. The van der Waals surface area contributed by atoms with Crippen LogP contribution in [0.15, 0.2) is 24.3 Å². The molecule has 1 aromatic heterocycles. The third kappa shape index (κ3) is 4.27. The highest BCUT2D eigenvalue weighted by molar-refractivity contribution is 6.05. The number of carbonyl (C=O) groups is 2. The summed E-state index contributed by atoms with van der Waals surface area (Å²) in [5.74, 6) is -0.603. The molecule has 1 saturated heterocycles. The first-order valence-corrected chi connectivity index (χ1v) is 10.5. The Hall–Kier alpha value is -2.47. The third-order valence-electron chi connectivity index (χ3n) is 5.72. The number of hydrogen-bond acceptors (Lipinski definition) is 5. The molecule has 0 saturated carbocycles. The number of benzene rings is 1. The largest absolute Gasteiger partial charge is 0.452 e. The zero-order chi connectivity index (χ0) is 20.4. The minimum Gasteiger partial charge on any atom is -0.452 e. The molecule has 1 aliphatic heterocycles. The van der Waals surface area contributed by atoms with Crippen molar-refractivity contribution in [2.75, 3.05) is 19.7 Å².